The Labute approximate surface area is 202 Å². The van der Waals surface area contributed by atoms with Crippen molar-refractivity contribution in [1.82, 2.24) is 4.90 Å². The van der Waals surface area contributed by atoms with E-state index in [0.717, 1.165) is 34.0 Å². The standard InChI is InChI=1S/C26H22ClNO4S/c1-17-6-5-7-19(12-17)15-28-25(29)24(33-26(28)30)14-18-10-11-22(23(13-18)31-2)32-16-20-8-3-4-9-21(20)27/h3-14H,15-16H2,1-2H3/b24-14+. The number of rotatable bonds is 7. The van der Waals surface area contributed by atoms with Gasteiger partial charge in [-0.05, 0) is 54.1 Å². The molecule has 0 bridgehead atoms. The molecule has 0 spiro atoms. The van der Waals surface area contributed by atoms with E-state index >= 15 is 0 Å². The molecule has 168 valence electrons. The molecule has 1 fully saturated rings. The van der Waals surface area contributed by atoms with Gasteiger partial charge in [0.1, 0.15) is 6.61 Å². The summed E-state index contributed by atoms with van der Waals surface area (Å²) in [5.74, 6) is 0.779. The van der Waals surface area contributed by atoms with Crippen LogP contribution in [-0.4, -0.2) is 23.2 Å². The molecule has 0 atom stereocenters. The second-order valence-electron chi connectivity index (χ2n) is 7.55. The van der Waals surface area contributed by atoms with Gasteiger partial charge in [-0.25, -0.2) is 0 Å². The summed E-state index contributed by atoms with van der Waals surface area (Å²) < 4.78 is 11.4. The van der Waals surface area contributed by atoms with Gasteiger partial charge in [0.15, 0.2) is 11.5 Å². The molecule has 0 aromatic heterocycles. The predicted octanol–water partition coefficient (Wildman–Crippen LogP) is 6.47. The zero-order valence-corrected chi connectivity index (χ0v) is 19.8. The van der Waals surface area contributed by atoms with Crippen molar-refractivity contribution >= 4 is 40.6 Å². The molecule has 0 saturated carbocycles. The second kappa shape index (κ2) is 10.1. The molecule has 0 aliphatic carbocycles. The lowest BCUT2D eigenvalue weighted by atomic mass is 10.1. The first kappa shape index (κ1) is 23.0. The lowest BCUT2D eigenvalue weighted by Gasteiger charge is -2.13. The normalized spacial score (nSPS) is 14.8. The molecule has 0 N–H and O–H groups in total. The Morgan fingerprint density at radius 2 is 1.82 bits per heavy atom. The molecular formula is C26H22ClNO4S. The number of thioether (sulfide) groups is 1. The zero-order valence-electron chi connectivity index (χ0n) is 18.2. The lowest BCUT2D eigenvalue weighted by molar-refractivity contribution is -0.123. The number of benzene rings is 3. The van der Waals surface area contributed by atoms with Crippen LogP contribution < -0.4 is 9.47 Å². The maximum Gasteiger partial charge on any atom is 0.293 e. The van der Waals surface area contributed by atoms with Crippen molar-refractivity contribution in [2.45, 2.75) is 20.1 Å². The molecule has 4 rings (SSSR count). The molecule has 0 radical (unpaired) electrons. The van der Waals surface area contributed by atoms with E-state index < -0.39 is 0 Å². The zero-order chi connectivity index (χ0) is 23.4. The number of carbonyl (C=O) groups is 2. The first-order chi connectivity index (χ1) is 15.9. The molecule has 7 heteroatoms. The van der Waals surface area contributed by atoms with Gasteiger partial charge >= 0.3 is 0 Å². The van der Waals surface area contributed by atoms with Crippen LogP contribution in [0.3, 0.4) is 0 Å². The Kier molecular flexibility index (Phi) is 7.06. The number of aryl methyl sites for hydroxylation is 1. The molecular weight excluding hydrogens is 458 g/mol. The van der Waals surface area contributed by atoms with Gasteiger partial charge in [-0.15, -0.1) is 0 Å². The predicted molar refractivity (Wildman–Crippen MR) is 131 cm³/mol. The van der Waals surface area contributed by atoms with Crippen LogP contribution in [0.1, 0.15) is 22.3 Å². The fourth-order valence-electron chi connectivity index (χ4n) is 3.44. The van der Waals surface area contributed by atoms with Gasteiger partial charge in [-0.2, -0.15) is 0 Å². The van der Waals surface area contributed by atoms with Crippen molar-refractivity contribution in [2.24, 2.45) is 0 Å². The number of ether oxygens (including phenoxy) is 2. The number of amides is 2. The van der Waals surface area contributed by atoms with Crippen LogP contribution in [-0.2, 0) is 17.9 Å². The summed E-state index contributed by atoms with van der Waals surface area (Å²) in [6.45, 7) is 2.53. The monoisotopic (exact) mass is 479 g/mol. The van der Waals surface area contributed by atoms with Crippen molar-refractivity contribution < 1.29 is 19.1 Å². The Morgan fingerprint density at radius 1 is 1.00 bits per heavy atom. The molecule has 2 amide bonds. The van der Waals surface area contributed by atoms with E-state index in [0.29, 0.717) is 28.0 Å². The number of methoxy groups -OCH3 is 1. The maximum atomic E-state index is 12.9. The summed E-state index contributed by atoms with van der Waals surface area (Å²) >= 11 is 7.13. The summed E-state index contributed by atoms with van der Waals surface area (Å²) in [7, 11) is 1.55. The van der Waals surface area contributed by atoms with Crippen LogP contribution >= 0.6 is 23.4 Å². The lowest BCUT2D eigenvalue weighted by Crippen LogP contribution is -2.27. The Balaban J connectivity index is 1.49. The van der Waals surface area contributed by atoms with Gasteiger partial charge in [-0.1, -0.05) is 65.7 Å². The first-order valence-corrected chi connectivity index (χ1v) is 11.5. The van der Waals surface area contributed by atoms with E-state index in [1.165, 1.54) is 4.90 Å². The molecule has 1 heterocycles. The molecule has 3 aromatic carbocycles. The first-order valence-electron chi connectivity index (χ1n) is 10.3. The van der Waals surface area contributed by atoms with Crippen LogP contribution in [0, 0.1) is 6.92 Å². The highest BCUT2D eigenvalue weighted by Gasteiger charge is 2.35. The fraction of sp³-hybridized carbons (Fsp3) is 0.154. The van der Waals surface area contributed by atoms with E-state index in [1.807, 2.05) is 61.5 Å². The Hall–Kier alpha value is -3.22. The largest absolute Gasteiger partial charge is 0.493 e. The Morgan fingerprint density at radius 3 is 2.58 bits per heavy atom. The quantitative estimate of drug-likeness (QED) is 0.363. The minimum atomic E-state index is -0.301. The van der Waals surface area contributed by atoms with Gasteiger partial charge in [0.2, 0.25) is 0 Å². The highest BCUT2D eigenvalue weighted by atomic mass is 35.5. The van der Waals surface area contributed by atoms with Crippen molar-refractivity contribution in [3.05, 3.63) is 98.9 Å². The van der Waals surface area contributed by atoms with Crippen molar-refractivity contribution in [2.75, 3.05) is 7.11 Å². The highest BCUT2D eigenvalue weighted by molar-refractivity contribution is 8.18. The van der Waals surface area contributed by atoms with Gasteiger partial charge in [0, 0.05) is 10.6 Å². The van der Waals surface area contributed by atoms with Gasteiger partial charge in [0.25, 0.3) is 11.1 Å². The summed E-state index contributed by atoms with van der Waals surface area (Å²) in [6, 6.07) is 20.6. The molecule has 3 aromatic rings. The van der Waals surface area contributed by atoms with Crippen LogP contribution in [0.5, 0.6) is 11.5 Å². The summed E-state index contributed by atoms with van der Waals surface area (Å²) in [6.07, 6.45) is 1.70. The third-order valence-electron chi connectivity index (χ3n) is 5.12. The number of imide groups is 1. The average Bonchev–Trinajstić information content (AvgIpc) is 3.06. The van der Waals surface area contributed by atoms with E-state index in [-0.39, 0.29) is 17.7 Å². The molecule has 1 aliphatic rings. The fourth-order valence-corrected chi connectivity index (χ4v) is 4.47. The number of carbonyl (C=O) groups excluding carboxylic acids is 2. The maximum absolute atomic E-state index is 12.9. The summed E-state index contributed by atoms with van der Waals surface area (Å²) in [5.41, 5.74) is 3.60. The van der Waals surface area contributed by atoms with E-state index in [4.69, 9.17) is 21.1 Å². The molecule has 33 heavy (non-hydrogen) atoms. The average molecular weight is 480 g/mol. The highest BCUT2D eigenvalue weighted by Crippen LogP contribution is 2.35. The van der Waals surface area contributed by atoms with Crippen LogP contribution in [0.4, 0.5) is 4.79 Å². The van der Waals surface area contributed by atoms with Crippen molar-refractivity contribution in [1.29, 1.82) is 0 Å². The number of nitrogens with zero attached hydrogens (tertiary/aromatic N) is 1. The van der Waals surface area contributed by atoms with Gasteiger partial charge < -0.3 is 9.47 Å². The van der Waals surface area contributed by atoms with E-state index in [1.54, 1.807) is 25.3 Å². The summed E-state index contributed by atoms with van der Waals surface area (Å²) in [5, 5.41) is 0.355. The minimum absolute atomic E-state index is 0.252. The van der Waals surface area contributed by atoms with Crippen LogP contribution in [0.25, 0.3) is 6.08 Å². The molecule has 1 aliphatic heterocycles. The van der Waals surface area contributed by atoms with Gasteiger partial charge in [0.05, 0.1) is 18.6 Å². The molecule has 5 nitrogen and oxygen atoms in total. The summed E-state index contributed by atoms with van der Waals surface area (Å²) in [4.78, 5) is 27.0. The minimum Gasteiger partial charge on any atom is -0.493 e. The molecule has 0 unspecified atom stereocenters. The van der Waals surface area contributed by atoms with Crippen molar-refractivity contribution in [3.63, 3.8) is 0 Å². The Bertz CT molecular complexity index is 1240. The van der Waals surface area contributed by atoms with Crippen LogP contribution in [0.15, 0.2) is 71.6 Å². The van der Waals surface area contributed by atoms with Crippen LogP contribution in [0.2, 0.25) is 5.02 Å². The van der Waals surface area contributed by atoms with E-state index in [2.05, 4.69) is 0 Å². The SMILES string of the molecule is COc1cc(/C=C2/SC(=O)N(Cc3cccc(C)c3)C2=O)ccc1OCc1ccccc1Cl. The van der Waals surface area contributed by atoms with Gasteiger partial charge in [-0.3, -0.25) is 14.5 Å². The topological polar surface area (TPSA) is 55.8 Å². The third-order valence-corrected chi connectivity index (χ3v) is 6.40. The third kappa shape index (κ3) is 5.41. The number of halogens is 1. The smallest absolute Gasteiger partial charge is 0.293 e. The molecule has 1 saturated heterocycles. The number of hydrogen-bond acceptors (Lipinski definition) is 5. The van der Waals surface area contributed by atoms with E-state index in [9.17, 15) is 9.59 Å². The second-order valence-corrected chi connectivity index (χ2v) is 8.95. The number of hydrogen-bond donors (Lipinski definition) is 0. The van der Waals surface area contributed by atoms with Crippen molar-refractivity contribution in [3.8, 4) is 11.5 Å².